The summed E-state index contributed by atoms with van der Waals surface area (Å²) in [5.74, 6) is 0. The Kier molecular flexibility index (Phi) is 4.57. The van der Waals surface area contributed by atoms with Gasteiger partial charge in [-0.2, -0.15) is 5.10 Å². The first-order chi connectivity index (χ1) is 10.6. The Morgan fingerprint density at radius 1 is 1.23 bits per heavy atom. The summed E-state index contributed by atoms with van der Waals surface area (Å²) in [5, 5.41) is 35.6. The number of aliphatic hydroxyl groups excluding tert-OH is 3. The Morgan fingerprint density at radius 2 is 2.00 bits per heavy atom. The zero-order chi connectivity index (χ0) is 15.9. The quantitative estimate of drug-likeness (QED) is 0.397. The van der Waals surface area contributed by atoms with Crippen LogP contribution in [0.4, 0.5) is 0 Å². The number of hydrogen-bond acceptors (Lipinski definition) is 9. The fraction of sp³-hybridized carbons (Fsp3) is 0.583. The van der Waals surface area contributed by atoms with Crippen molar-refractivity contribution >= 4 is 34.6 Å². The van der Waals surface area contributed by atoms with Gasteiger partial charge < -0.3 is 20.1 Å². The van der Waals surface area contributed by atoms with Crippen LogP contribution in [0.15, 0.2) is 16.4 Å². The first kappa shape index (κ1) is 16.0. The van der Waals surface area contributed by atoms with Crippen molar-refractivity contribution in [3.8, 4) is 0 Å². The molecule has 8 nitrogen and oxygen atoms in total. The van der Waals surface area contributed by atoms with Crippen LogP contribution in [-0.2, 0) is 4.74 Å². The summed E-state index contributed by atoms with van der Waals surface area (Å²) in [6, 6.07) is 0. The van der Waals surface area contributed by atoms with Crippen molar-refractivity contribution in [1.82, 2.24) is 19.7 Å². The molecule has 0 spiro atoms. The lowest BCUT2D eigenvalue weighted by Gasteiger charge is -2.15. The highest BCUT2D eigenvalue weighted by Crippen LogP contribution is 2.33. The molecule has 1 fully saturated rings. The predicted octanol–water partition coefficient (Wildman–Crippen LogP) is -0.118. The molecule has 1 saturated heterocycles. The number of aromatic nitrogens is 4. The fourth-order valence-corrected chi connectivity index (χ4v) is 3.36. The highest BCUT2D eigenvalue weighted by molar-refractivity contribution is 7.99. The van der Waals surface area contributed by atoms with Gasteiger partial charge >= 0.3 is 0 Å². The van der Waals surface area contributed by atoms with Gasteiger partial charge in [0.1, 0.15) is 23.3 Å². The number of fused-ring (bicyclic) bond motifs is 1. The maximum Gasteiger partial charge on any atom is 0.190 e. The minimum absolute atomic E-state index is 0.380. The minimum Gasteiger partial charge on any atom is -0.394 e. The number of hydrogen-bond donors (Lipinski definition) is 3. The molecule has 3 N–H and O–H groups in total. The lowest BCUT2D eigenvalue weighted by atomic mass is 10.1. The van der Waals surface area contributed by atoms with E-state index < -0.39 is 24.5 Å². The second kappa shape index (κ2) is 6.30. The molecule has 3 rings (SSSR count). The molecular formula is C12H16N4O4S2. The maximum atomic E-state index is 10.1. The molecule has 0 amide bonds. The summed E-state index contributed by atoms with van der Waals surface area (Å²) in [5.41, 5.74) is 0.526. The van der Waals surface area contributed by atoms with Gasteiger partial charge in [0, 0.05) is 0 Å². The summed E-state index contributed by atoms with van der Waals surface area (Å²) in [4.78, 5) is 8.83. The Labute approximate surface area is 134 Å². The standard InChI is InChI=1S/C12H16N4O4S2/c1-21-10-5-3-13-16(9(5)14-12(15-10)22-2)11-8(19)7(18)6(4-17)20-11/h3,6-8,11,17-19H,4H2,1-2H3/t6-,7+,8+,11-/m0/s1. The molecule has 120 valence electrons. The Bertz CT molecular complexity index is 682. The zero-order valence-electron chi connectivity index (χ0n) is 11.9. The third-order valence-corrected chi connectivity index (χ3v) is 4.78. The van der Waals surface area contributed by atoms with Crippen molar-refractivity contribution in [2.45, 2.75) is 34.7 Å². The fourth-order valence-electron chi connectivity index (χ4n) is 2.40. The van der Waals surface area contributed by atoms with Gasteiger partial charge in [0.05, 0.1) is 18.2 Å². The average molecular weight is 344 g/mol. The number of aliphatic hydroxyl groups is 3. The molecule has 0 bridgehead atoms. The zero-order valence-corrected chi connectivity index (χ0v) is 13.6. The molecule has 0 aromatic carbocycles. The molecule has 2 aromatic rings. The van der Waals surface area contributed by atoms with E-state index in [9.17, 15) is 15.3 Å². The van der Waals surface area contributed by atoms with Crippen LogP contribution < -0.4 is 0 Å². The van der Waals surface area contributed by atoms with Crippen molar-refractivity contribution in [1.29, 1.82) is 0 Å². The average Bonchev–Trinajstić information content (AvgIpc) is 3.08. The Hall–Kier alpha value is -0.910. The molecule has 1 aliphatic rings. The van der Waals surface area contributed by atoms with Crippen LogP contribution >= 0.6 is 23.5 Å². The van der Waals surface area contributed by atoms with E-state index >= 15 is 0 Å². The van der Waals surface area contributed by atoms with Crippen LogP contribution in [0.25, 0.3) is 11.0 Å². The summed E-state index contributed by atoms with van der Waals surface area (Å²) >= 11 is 2.88. The molecule has 2 aromatic heterocycles. The monoisotopic (exact) mass is 344 g/mol. The van der Waals surface area contributed by atoms with Gasteiger partial charge in [-0.25, -0.2) is 14.6 Å². The lowest BCUT2D eigenvalue weighted by Crippen LogP contribution is -2.33. The maximum absolute atomic E-state index is 10.1. The van der Waals surface area contributed by atoms with Crippen molar-refractivity contribution in [2.75, 3.05) is 19.1 Å². The molecule has 4 atom stereocenters. The van der Waals surface area contributed by atoms with Crippen molar-refractivity contribution in [2.24, 2.45) is 0 Å². The second-order valence-electron chi connectivity index (χ2n) is 4.77. The summed E-state index contributed by atoms with van der Waals surface area (Å²) in [7, 11) is 0. The summed E-state index contributed by atoms with van der Waals surface area (Å²) < 4.78 is 6.94. The van der Waals surface area contributed by atoms with Crippen LogP contribution in [-0.4, -0.2) is 72.5 Å². The smallest absolute Gasteiger partial charge is 0.190 e. The molecule has 0 saturated carbocycles. The van der Waals surface area contributed by atoms with Crippen molar-refractivity contribution in [3.63, 3.8) is 0 Å². The highest BCUT2D eigenvalue weighted by Gasteiger charge is 2.44. The normalized spacial score (nSPS) is 28.6. The van der Waals surface area contributed by atoms with E-state index in [0.29, 0.717) is 10.8 Å². The lowest BCUT2D eigenvalue weighted by molar-refractivity contribution is -0.0567. The number of thioether (sulfide) groups is 2. The largest absolute Gasteiger partial charge is 0.394 e. The first-order valence-corrected chi connectivity index (χ1v) is 9.01. The SMILES string of the molecule is CSc1nc(SC)c2cnn([C@H]3O[C@@H](CO)[C@@H](O)[C@H]3O)c2n1. The molecule has 0 unspecified atom stereocenters. The number of ether oxygens (including phenoxy) is 1. The minimum atomic E-state index is -1.19. The van der Waals surface area contributed by atoms with E-state index in [-0.39, 0.29) is 6.61 Å². The molecule has 1 aliphatic heterocycles. The molecule has 0 radical (unpaired) electrons. The Balaban J connectivity index is 2.08. The molecule has 10 heteroatoms. The molecular weight excluding hydrogens is 328 g/mol. The third-order valence-electron chi connectivity index (χ3n) is 3.53. The van der Waals surface area contributed by atoms with Gasteiger partial charge in [0.25, 0.3) is 0 Å². The third kappa shape index (κ3) is 2.49. The highest BCUT2D eigenvalue weighted by atomic mass is 32.2. The van der Waals surface area contributed by atoms with Gasteiger partial charge in [-0.05, 0) is 12.5 Å². The van der Waals surface area contributed by atoms with E-state index in [4.69, 9.17) is 4.74 Å². The Morgan fingerprint density at radius 3 is 2.59 bits per heavy atom. The van der Waals surface area contributed by atoms with Gasteiger partial charge in [0.2, 0.25) is 0 Å². The summed E-state index contributed by atoms with van der Waals surface area (Å²) in [6.07, 6.45) is 1.29. The first-order valence-electron chi connectivity index (χ1n) is 6.56. The topological polar surface area (TPSA) is 114 Å². The van der Waals surface area contributed by atoms with Gasteiger partial charge in [-0.1, -0.05) is 11.8 Å². The van der Waals surface area contributed by atoms with Crippen LogP contribution in [0.5, 0.6) is 0 Å². The van der Waals surface area contributed by atoms with Crippen molar-refractivity contribution in [3.05, 3.63) is 6.20 Å². The van der Waals surface area contributed by atoms with Gasteiger partial charge in [0.15, 0.2) is 17.0 Å². The molecule has 3 heterocycles. The number of nitrogens with zero attached hydrogens (tertiary/aromatic N) is 4. The van der Waals surface area contributed by atoms with Crippen molar-refractivity contribution < 1.29 is 20.1 Å². The van der Waals surface area contributed by atoms with Crippen LogP contribution in [0.1, 0.15) is 6.23 Å². The predicted molar refractivity (Wildman–Crippen MR) is 81.9 cm³/mol. The van der Waals surface area contributed by atoms with E-state index in [0.717, 1.165) is 10.4 Å². The van der Waals surface area contributed by atoms with Crippen LogP contribution in [0.2, 0.25) is 0 Å². The molecule has 0 aliphatic carbocycles. The van der Waals surface area contributed by atoms with E-state index in [1.165, 1.54) is 28.2 Å². The second-order valence-corrected chi connectivity index (χ2v) is 6.34. The van der Waals surface area contributed by atoms with Gasteiger partial charge in [-0.15, -0.1) is 11.8 Å². The summed E-state index contributed by atoms with van der Waals surface area (Å²) in [6.45, 7) is -0.380. The van der Waals surface area contributed by atoms with E-state index in [1.54, 1.807) is 6.20 Å². The number of rotatable bonds is 4. The van der Waals surface area contributed by atoms with Gasteiger partial charge in [-0.3, -0.25) is 0 Å². The van der Waals surface area contributed by atoms with Crippen LogP contribution in [0, 0.1) is 0 Å². The van der Waals surface area contributed by atoms with E-state index in [2.05, 4.69) is 15.1 Å². The van der Waals surface area contributed by atoms with Crippen LogP contribution in [0.3, 0.4) is 0 Å². The van der Waals surface area contributed by atoms with E-state index in [1.807, 2.05) is 12.5 Å². The molecule has 22 heavy (non-hydrogen) atoms.